The standard InChI is InChI=1S/C15H29N5/c1-4-15(2,20-9-6-5-7-10-20)14(17-16)12-13-8-11-19(3)18-13/h8,11,14,17H,4-7,9-10,12,16H2,1-3H3. The Kier molecular flexibility index (Phi) is 5.18. The van der Waals surface area contributed by atoms with E-state index < -0.39 is 0 Å². The SMILES string of the molecule is CCC(C)(C(Cc1ccn(C)n1)NN)N1CCCCC1. The number of aromatic nitrogens is 2. The zero-order valence-electron chi connectivity index (χ0n) is 13.1. The van der Waals surface area contributed by atoms with E-state index >= 15 is 0 Å². The minimum absolute atomic E-state index is 0.0900. The Morgan fingerprint density at radius 1 is 1.40 bits per heavy atom. The van der Waals surface area contributed by atoms with Gasteiger partial charge in [-0.15, -0.1) is 0 Å². The third-order valence-electron chi connectivity index (χ3n) is 4.93. The fraction of sp³-hybridized carbons (Fsp3) is 0.800. The first kappa shape index (κ1) is 15.5. The molecule has 1 aromatic heterocycles. The highest BCUT2D eigenvalue weighted by atomic mass is 15.3. The highest BCUT2D eigenvalue weighted by Gasteiger charge is 2.38. The lowest BCUT2D eigenvalue weighted by Crippen LogP contribution is -2.62. The van der Waals surface area contributed by atoms with Gasteiger partial charge in [0.25, 0.3) is 0 Å². The van der Waals surface area contributed by atoms with Gasteiger partial charge in [0, 0.05) is 31.2 Å². The Morgan fingerprint density at radius 2 is 2.10 bits per heavy atom. The number of piperidine rings is 1. The van der Waals surface area contributed by atoms with E-state index in [1.165, 1.54) is 32.4 Å². The van der Waals surface area contributed by atoms with Crippen molar-refractivity contribution < 1.29 is 0 Å². The third kappa shape index (κ3) is 3.22. The molecule has 0 saturated carbocycles. The van der Waals surface area contributed by atoms with E-state index in [1.807, 2.05) is 17.9 Å². The number of aryl methyl sites for hydroxylation is 1. The molecule has 2 rings (SSSR count). The van der Waals surface area contributed by atoms with Crippen LogP contribution in [0.25, 0.3) is 0 Å². The van der Waals surface area contributed by atoms with Crippen LogP contribution in [0.3, 0.4) is 0 Å². The summed E-state index contributed by atoms with van der Waals surface area (Å²) >= 11 is 0. The zero-order valence-corrected chi connectivity index (χ0v) is 13.1. The molecule has 20 heavy (non-hydrogen) atoms. The van der Waals surface area contributed by atoms with Gasteiger partial charge in [-0.25, -0.2) is 0 Å². The summed E-state index contributed by atoms with van der Waals surface area (Å²) in [6.45, 7) is 6.97. The van der Waals surface area contributed by atoms with Crippen LogP contribution < -0.4 is 11.3 Å². The highest BCUT2D eigenvalue weighted by Crippen LogP contribution is 2.28. The van der Waals surface area contributed by atoms with Crippen molar-refractivity contribution in [3.63, 3.8) is 0 Å². The largest absolute Gasteiger partial charge is 0.296 e. The number of rotatable bonds is 6. The quantitative estimate of drug-likeness (QED) is 0.611. The van der Waals surface area contributed by atoms with Crippen LogP contribution in [-0.2, 0) is 13.5 Å². The number of nitrogens with one attached hydrogen (secondary N) is 1. The molecule has 0 radical (unpaired) electrons. The topological polar surface area (TPSA) is 59.1 Å². The van der Waals surface area contributed by atoms with Gasteiger partial charge < -0.3 is 0 Å². The Hall–Kier alpha value is -0.910. The van der Waals surface area contributed by atoms with Crippen LogP contribution in [0.2, 0.25) is 0 Å². The summed E-state index contributed by atoms with van der Waals surface area (Å²) in [5, 5.41) is 4.49. The molecule has 1 fully saturated rings. The van der Waals surface area contributed by atoms with Crippen molar-refractivity contribution in [2.45, 2.75) is 57.5 Å². The monoisotopic (exact) mass is 279 g/mol. The average Bonchev–Trinajstić information content (AvgIpc) is 2.90. The maximum atomic E-state index is 5.88. The number of hydrogen-bond donors (Lipinski definition) is 2. The lowest BCUT2D eigenvalue weighted by Gasteiger charge is -2.47. The predicted molar refractivity (Wildman–Crippen MR) is 82.1 cm³/mol. The average molecular weight is 279 g/mol. The molecule has 1 aliphatic rings. The molecule has 2 heterocycles. The number of hydrogen-bond acceptors (Lipinski definition) is 4. The van der Waals surface area contributed by atoms with E-state index in [1.54, 1.807) is 0 Å². The van der Waals surface area contributed by atoms with Gasteiger partial charge in [0.2, 0.25) is 0 Å². The Balaban J connectivity index is 2.12. The summed E-state index contributed by atoms with van der Waals surface area (Å²) in [5.74, 6) is 5.88. The normalized spacial score (nSPS) is 21.6. The van der Waals surface area contributed by atoms with Crippen LogP contribution in [0.1, 0.15) is 45.2 Å². The van der Waals surface area contributed by atoms with Crippen LogP contribution in [0.5, 0.6) is 0 Å². The second kappa shape index (κ2) is 6.70. The first-order valence-corrected chi connectivity index (χ1v) is 7.80. The summed E-state index contributed by atoms with van der Waals surface area (Å²) in [6, 6.07) is 2.30. The van der Waals surface area contributed by atoms with Crippen molar-refractivity contribution in [1.29, 1.82) is 0 Å². The first-order valence-electron chi connectivity index (χ1n) is 7.80. The molecule has 0 amide bonds. The second-order valence-corrected chi connectivity index (χ2v) is 6.16. The molecule has 1 saturated heterocycles. The van der Waals surface area contributed by atoms with Crippen molar-refractivity contribution in [1.82, 2.24) is 20.1 Å². The Labute approximate surface area is 122 Å². The van der Waals surface area contributed by atoms with Crippen LogP contribution in [0.4, 0.5) is 0 Å². The lowest BCUT2D eigenvalue weighted by atomic mass is 9.83. The first-order chi connectivity index (χ1) is 9.60. The smallest absolute Gasteiger partial charge is 0.0641 e. The van der Waals surface area contributed by atoms with Gasteiger partial charge in [-0.1, -0.05) is 13.3 Å². The van der Waals surface area contributed by atoms with E-state index in [4.69, 9.17) is 5.84 Å². The van der Waals surface area contributed by atoms with Gasteiger partial charge in [-0.05, 0) is 45.3 Å². The van der Waals surface area contributed by atoms with Crippen molar-refractivity contribution in [2.24, 2.45) is 12.9 Å². The van der Waals surface area contributed by atoms with Crippen LogP contribution in [0, 0.1) is 0 Å². The fourth-order valence-corrected chi connectivity index (χ4v) is 3.33. The summed E-state index contributed by atoms with van der Waals surface area (Å²) in [5.41, 5.74) is 4.25. The van der Waals surface area contributed by atoms with Crippen molar-refractivity contribution in [3.8, 4) is 0 Å². The molecule has 1 aliphatic heterocycles. The molecule has 2 atom stereocenters. The molecule has 0 aromatic carbocycles. The maximum Gasteiger partial charge on any atom is 0.0641 e. The molecule has 5 heteroatoms. The van der Waals surface area contributed by atoms with Gasteiger partial charge >= 0.3 is 0 Å². The van der Waals surface area contributed by atoms with Gasteiger partial charge in [-0.3, -0.25) is 20.9 Å². The number of nitrogens with two attached hydrogens (primary N) is 1. The van der Waals surface area contributed by atoms with Crippen LogP contribution >= 0.6 is 0 Å². The number of likely N-dealkylation sites (tertiary alicyclic amines) is 1. The van der Waals surface area contributed by atoms with Crippen molar-refractivity contribution >= 4 is 0 Å². The fourth-order valence-electron chi connectivity index (χ4n) is 3.33. The molecule has 5 nitrogen and oxygen atoms in total. The van der Waals surface area contributed by atoms with Gasteiger partial charge in [0.15, 0.2) is 0 Å². The predicted octanol–water partition coefficient (Wildman–Crippen LogP) is 1.45. The summed E-state index contributed by atoms with van der Waals surface area (Å²) in [7, 11) is 1.96. The molecule has 1 aromatic rings. The van der Waals surface area contributed by atoms with Crippen LogP contribution in [0.15, 0.2) is 12.3 Å². The molecule has 0 bridgehead atoms. The molecule has 2 unspecified atom stereocenters. The molecule has 114 valence electrons. The highest BCUT2D eigenvalue weighted by molar-refractivity contribution is 5.07. The van der Waals surface area contributed by atoms with Gasteiger partial charge in [0.05, 0.1) is 5.69 Å². The Morgan fingerprint density at radius 3 is 2.60 bits per heavy atom. The summed E-state index contributed by atoms with van der Waals surface area (Å²) in [6.07, 6.45) is 7.92. The van der Waals surface area contributed by atoms with Gasteiger partial charge in [0.1, 0.15) is 0 Å². The van der Waals surface area contributed by atoms with Crippen molar-refractivity contribution in [2.75, 3.05) is 13.1 Å². The van der Waals surface area contributed by atoms with Gasteiger partial charge in [-0.2, -0.15) is 5.10 Å². The minimum atomic E-state index is 0.0900. The van der Waals surface area contributed by atoms with Crippen LogP contribution in [-0.4, -0.2) is 39.4 Å². The second-order valence-electron chi connectivity index (χ2n) is 6.16. The Bertz CT molecular complexity index is 410. The van der Waals surface area contributed by atoms with E-state index in [9.17, 15) is 0 Å². The molecular formula is C15H29N5. The van der Waals surface area contributed by atoms with E-state index in [0.717, 1.165) is 18.5 Å². The summed E-state index contributed by atoms with van der Waals surface area (Å²) in [4.78, 5) is 2.62. The van der Waals surface area contributed by atoms with E-state index in [-0.39, 0.29) is 11.6 Å². The lowest BCUT2D eigenvalue weighted by molar-refractivity contribution is 0.0426. The summed E-state index contributed by atoms with van der Waals surface area (Å²) < 4.78 is 1.85. The molecule has 3 N–H and O–H groups in total. The third-order valence-corrected chi connectivity index (χ3v) is 4.93. The zero-order chi connectivity index (χ0) is 14.6. The number of nitrogens with zero attached hydrogens (tertiary/aromatic N) is 3. The van der Waals surface area contributed by atoms with E-state index in [2.05, 4.69) is 35.3 Å². The van der Waals surface area contributed by atoms with E-state index in [0.29, 0.717) is 0 Å². The molecular weight excluding hydrogens is 250 g/mol. The van der Waals surface area contributed by atoms with Crippen molar-refractivity contribution in [3.05, 3.63) is 18.0 Å². The maximum absolute atomic E-state index is 5.88. The minimum Gasteiger partial charge on any atom is -0.296 e. The molecule has 0 aliphatic carbocycles. The molecule has 0 spiro atoms. The number of hydrazine groups is 1.